The van der Waals surface area contributed by atoms with E-state index < -0.39 is 0 Å². The molecule has 0 saturated heterocycles. The molecule has 6 heteroatoms. The number of nitrogens with zero attached hydrogens (tertiary/aromatic N) is 3. The van der Waals surface area contributed by atoms with Gasteiger partial charge in [-0.1, -0.05) is 11.8 Å². The minimum absolute atomic E-state index is 0.471. The van der Waals surface area contributed by atoms with Gasteiger partial charge in [0.05, 0.1) is 17.9 Å². The number of furan rings is 1. The Labute approximate surface area is 103 Å². The molecule has 0 fully saturated rings. The highest BCUT2D eigenvalue weighted by molar-refractivity contribution is 7.99. The van der Waals surface area contributed by atoms with Gasteiger partial charge in [0.15, 0.2) is 0 Å². The fourth-order valence-corrected chi connectivity index (χ4v) is 1.99. The molecule has 0 unspecified atom stereocenters. The predicted octanol–water partition coefficient (Wildman–Crippen LogP) is 3.03. The highest BCUT2D eigenvalue weighted by Crippen LogP contribution is 2.26. The molecule has 0 radical (unpaired) electrons. The summed E-state index contributed by atoms with van der Waals surface area (Å²) in [7, 11) is 0. The molecule has 0 spiro atoms. The Hall–Kier alpha value is -1.74. The van der Waals surface area contributed by atoms with Gasteiger partial charge < -0.3 is 8.83 Å². The second-order valence-corrected chi connectivity index (χ2v) is 4.42. The van der Waals surface area contributed by atoms with Crippen molar-refractivity contribution in [3.05, 3.63) is 18.1 Å². The number of unbranched alkanes of at least 4 members (excludes halogenated alkanes) is 1. The third kappa shape index (κ3) is 2.88. The minimum atomic E-state index is 0.471. The van der Waals surface area contributed by atoms with Gasteiger partial charge >= 0.3 is 0 Å². The van der Waals surface area contributed by atoms with Crippen LogP contribution >= 0.6 is 11.8 Å². The van der Waals surface area contributed by atoms with Crippen LogP contribution in [0.15, 0.2) is 26.4 Å². The molecule has 2 aromatic heterocycles. The molecule has 17 heavy (non-hydrogen) atoms. The molecule has 2 aromatic rings. The van der Waals surface area contributed by atoms with Gasteiger partial charge in [-0.05, 0) is 19.4 Å². The van der Waals surface area contributed by atoms with Gasteiger partial charge in [-0.3, -0.25) is 0 Å². The first-order valence-corrected chi connectivity index (χ1v) is 6.17. The SMILES string of the molecule is Cc1occc1-c1nnc(SCCCC#N)o1. The second kappa shape index (κ2) is 5.55. The van der Waals surface area contributed by atoms with Crippen LogP contribution in [0.2, 0.25) is 0 Å². The lowest BCUT2D eigenvalue weighted by Crippen LogP contribution is -1.78. The van der Waals surface area contributed by atoms with Crippen molar-refractivity contribution in [2.45, 2.75) is 25.0 Å². The molecule has 0 N–H and O–H groups in total. The fourth-order valence-electron chi connectivity index (χ4n) is 1.29. The third-order valence-electron chi connectivity index (χ3n) is 2.15. The Bertz CT molecular complexity index is 527. The van der Waals surface area contributed by atoms with Crippen LogP contribution in [-0.4, -0.2) is 16.0 Å². The maximum Gasteiger partial charge on any atom is 0.276 e. The zero-order valence-corrected chi connectivity index (χ0v) is 10.2. The molecule has 0 aromatic carbocycles. The van der Waals surface area contributed by atoms with Gasteiger partial charge in [0.1, 0.15) is 5.76 Å². The highest BCUT2D eigenvalue weighted by atomic mass is 32.2. The van der Waals surface area contributed by atoms with Crippen molar-refractivity contribution in [3.8, 4) is 17.5 Å². The summed E-state index contributed by atoms with van der Waals surface area (Å²) in [5.41, 5.74) is 0.821. The van der Waals surface area contributed by atoms with Crippen LogP contribution in [0.25, 0.3) is 11.5 Å². The highest BCUT2D eigenvalue weighted by Gasteiger charge is 2.12. The Morgan fingerprint density at radius 3 is 3.06 bits per heavy atom. The van der Waals surface area contributed by atoms with Crippen LogP contribution in [0, 0.1) is 18.3 Å². The summed E-state index contributed by atoms with van der Waals surface area (Å²) in [6, 6.07) is 3.90. The zero-order chi connectivity index (χ0) is 12.1. The summed E-state index contributed by atoms with van der Waals surface area (Å²) in [5, 5.41) is 16.8. The van der Waals surface area contributed by atoms with Crippen LogP contribution in [0.3, 0.4) is 0 Å². The maximum atomic E-state index is 8.40. The summed E-state index contributed by atoms with van der Waals surface area (Å²) in [6.45, 7) is 1.85. The smallest absolute Gasteiger partial charge is 0.276 e. The fraction of sp³-hybridized carbons (Fsp3) is 0.364. The lowest BCUT2D eigenvalue weighted by atomic mass is 10.3. The van der Waals surface area contributed by atoms with E-state index in [2.05, 4.69) is 16.3 Å². The van der Waals surface area contributed by atoms with E-state index in [-0.39, 0.29) is 0 Å². The molecule has 0 saturated carbocycles. The third-order valence-corrected chi connectivity index (χ3v) is 3.06. The van der Waals surface area contributed by atoms with E-state index in [1.807, 2.05) is 6.92 Å². The second-order valence-electron chi connectivity index (χ2n) is 3.37. The van der Waals surface area contributed by atoms with Gasteiger partial charge in [-0.15, -0.1) is 10.2 Å². The number of thioether (sulfide) groups is 1. The van der Waals surface area contributed by atoms with Gasteiger partial charge in [-0.2, -0.15) is 5.26 Å². The molecule has 2 rings (SSSR count). The summed E-state index contributed by atoms with van der Waals surface area (Å²) < 4.78 is 10.7. The Morgan fingerprint density at radius 1 is 1.47 bits per heavy atom. The number of rotatable bonds is 5. The van der Waals surface area contributed by atoms with Crippen LogP contribution in [0.4, 0.5) is 0 Å². The first-order valence-electron chi connectivity index (χ1n) is 5.19. The molecule has 0 bridgehead atoms. The van der Waals surface area contributed by atoms with Crippen molar-refractivity contribution in [1.82, 2.24) is 10.2 Å². The first kappa shape index (κ1) is 11.7. The number of hydrogen-bond donors (Lipinski definition) is 0. The molecular formula is C11H11N3O2S. The van der Waals surface area contributed by atoms with Crippen molar-refractivity contribution in [2.75, 3.05) is 5.75 Å². The predicted molar refractivity (Wildman–Crippen MR) is 62.3 cm³/mol. The van der Waals surface area contributed by atoms with Crippen LogP contribution in [0.5, 0.6) is 0 Å². The number of nitriles is 1. The molecule has 0 atom stereocenters. The van der Waals surface area contributed by atoms with E-state index in [9.17, 15) is 0 Å². The van der Waals surface area contributed by atoms with Crippen molar-refractivity contribution in [2.24, 2.45) is 0 Å². The van der Waals surface area contributed by atoms with E-state index in [0.29, 0.717) is 17.5 Å². The van der Waals surface area contributed by atoms with Gasteiger partial charge in [0.2, 0.25) is 0 Å². The van der Waals surface area contributed by atoms with Gasteiger partial charge in [-0.25, -0.2) is 0 Å². The first-order chi connectivity index (χ1) is 8.31. The van der Waals surface area contributed by atoms with E-state index in [4.69, 9.17) is 14.1 Å². The molecule has 0 aliphatic rings. The monoisotopic (exact) mass is 249 g/mol. The summed E-state index contributed by atoms with van der Waals surface area (Å²) in [5.74, 6) is 2.04. The molecule has 0 aliphatic heterocycles. The van der Waals surface area contributed by atoms with Gasteiger partial charge in [0, 0.05) is 12.2 Å². The van der Waals surface area contributed by atoms with Crippen molar-refractivity contribution >= 4 is 11.8 Å². The summed E-state index contributed by atoms with van der Waals surface area (Å²) in [6.07, 6.45) is 2.97. The summed E-state index contributed by atoms with van der Waals surface area (Å²) in [4.78, 5) is 0. The lowest BCUT2D eigenvalue weighted by molar-refractivity contribution is 0.463. The van der Waals surface area contributed by atoms with Crippen molar-refractivity contribution in [1.29, 1.82) is 5.26 Å². The molecule has 0 aliphatic carbocycles. The average molecular weight is 249 g/mol. The van der Waals surface area contributed by atoms with Crippen LogP contribution in [-0.2, 0) is 0 Å². The summed E-state index contributed by atoms with van der Waals surface area (Å²) >= 11 is 1.46. The number of aryl methyl sites for hydroxylation is 1. The molecular weight excluding hydrogens is 238 g/mol. The van der Waals surface area contributed by atoms with Crippen molar-refractivity contribution < 1.29 is 8.83 Å². The Kier molecular flexibility index (Phi) is 3.83. The van der Waals surface area contributed by atoms with E-state index in [0.717, 1.165) is 23.5 Å². The standard InChI is InChI=1S/C11H11N3O2S/c1-8-9(4-6-15-8)10-13-14-11(16-10)17-7-3-2-5-12/h4,6H,2-3,7H2,1H3. The number of hydrogen-bond acceptors (Lipinski definition) is 6. The molecule has 88 valence electrons. The topological polar surface area (TPSA) is 75.8 Å². The van der Waals surface area contributed by atoms with E-state index in [1.54, 1.807) is 12.3 Å². The quantitative estimate of drug-likeness (QED) is 0.598. The zero-order valence-electron chi connectivity index (χ0n) is 9.34. The van der Waals surface area contributed by atoms with Crippen LogP contribution < -0.4 is 0 Å². The largest absolute Gasteiger partial charge is 0.469 e. The lowest BCUT2D eigenvalue weighted by Gasteiger charge is -1.92. The van der Waals surface area contributed by atoms with E-state index in [1.165, 1.54) is 11.8 Å². The Morgan fingerprint density at radius 2 is 2.35 bits per heavy atom. The van der Waals surface area contributed by atoms with E-state index >= 15 is 0 Å². The minimum Gasteiger partial charge on any atom is -0.469 e. The van der Waals surface area contributed by atoms with Gasteiger partial charge in [0.25, 0.3) is 11.1 Å². The van der Waals surface area contributed by atoms with Crippen molar-refractivity contribution in [3.63, 3.8) is 0 Å². The molecule has 2 heterocycles. The Balaban J connectivity index is 1.97. The van der Waals surface area contributed by atoms with Crippen LogP contribution in [0.1, 0.15) is 18.6 Å². The molecule has 0 amide bonds. The molecule has 5 nitrogen and oxygen atoms in total. The maximum absolute atomic E-state index is 8.40. The number of aromatic nitrogens is 2. The average Bonchev–Trinajstić information content (AvgIpc) is 2.93. The normalized spacial score (nSPS) is 10.4.